The fourth-order valence-corrected chi connectivity index (χ4v) is 8.77. The molecule has 0 spiro atoms. The van der Waals surface area contributed by atoms with Gasteiger partial charge in [-0.15, -0.1) is 0 Å². The van der Waals surface area contributed by atoms with Gasteiger partial charge in [0.1, 0.15) is 5.54 Å². The maximum atomic E-state index is 14.3. The number of anilines is 2. The largest absolute Gasteiger partial charge is 0.379 e. The van der Waals surface area contributed by atoms with Gasteiger partial charge in [-0.25, -0.2) is 18.3 Å². The number of amides is 3. The van der Waals surface area contributed by atoms with E-state index in [1.165, 1.54) is 20.0 Å². The SMILES string of the molecule is CC1(Cc2ccc(Br)cc2)C(=O)N(c2cc(Cl)cc(Cl)c2)c2ncc(S(=O)(=O)N3CCN(C(=O)CNC(=O)CCN4CCOCC4)CC3)n21. The van der Waals surface area contributed by atoms with Crippen LogP contribution in [0.15, 0.2) is 58.2 Å². The van der Waals surface area contributed by atoms with Gasteiger partial charge >= 0.3 is 0 Å². The summed E-state index contributed by atoms with van der Waals surface area (Å²) in [6, 6.07) is 12.2. The average molecular weight is 798 g/mol. The van der Waals surface area contributed by atoms with Crippen LogP contribution in [0.5, 0.6) is 0 Å². The van der Waals surface area contributed by atoms with Crippen LogP contribution < -0.4 is 10.2 Å². The van der Waals surface area contributed by atoms with Gasteiger partial charge in [0.05, 0.1) is 31.6 Å². The van der Waals surface area contributed by atoms with Crippen molar-refractivity contribution >= 4 is 78.5 Å². The molecule has 3 aromatic rings. The molecule has 49 heavy (non-hydrogen) atoms. The van der Waals surface area contributed by atoms with E-state index in [1.54, 1.807) is 30.0 Å². The summed E-state index contributed by atoms with van der Waals surface area (Å²) in [5, 5.41) is 3.16. The molecule has 3 amide bonds. The third-order valence-electron chi connectivity index (χ3n) is 9.03. The number of hydrogen-bond donors (Lipinski definition) is 1. The number of halogens is 3. The lowest BCUT2D eigenvalue weighted by Crippen LogP contribution is -2.53. The van der Waals surface area contributed by atoms with Crippen molar-refractivity contribution < 1.29 is 27.5 Å². The number of sulfonamides is 1. The second-order valence-corrected chi connectivity index (χ2v) is 16.0. The highest BCUT2D eigenvalue weighted by Crippen LogP contribution is 2.45. The van der Waals surface area contributed by atoms with Crippen molar-refractivity contribution in [2.45, 2.75) is 30.3 Å². The highest BCUT2D eigenvalue weighted by Gasteiger charge is 2.52. The predicted octanol–water partition coefficient (Wildman–Crippen LogP) is 3.26. The second kappa shape index (κ2) is 14.7. The first-order chi connectivity index (χ1) is 23.4. The Bertz CT molecular complexity index is 1830. The van der Waals surface area contributed by atoms with Crippen molar-refractivity contribution in [2.75, 3.05) is 70.5 Å². The topological polar surface area (TPSA) is 137 Å². The maximum Gasteiger partial charge on any atom is 0.260 e. The minimum atomic E-state index is -4.18. The van der Waals surface area contributed by atoms with Crippen molar-refractivity contribution in [1.29, 1.82) is 0 Å². The zero-order chi connectivity index (χ0) is 34.9. The minimum absolute atomic E-state index is 0.0323. The first-order valence-corrected chi connectivity index (χ1v) is 18.8. The van der Waals surface area contributed by atoms with Gasteiger partial charge in [0.25, 0.3) is 15.9 Å². The summed E-state index contributed by atoms with van der Waals surface area (Å²) < 4.78 is 37.5. The molecule has 2 saturated heterocycles. The molecule has 0 radical (unpaired) electrons. The number of benzene rings is 2. The smallest absolute Gasteiger partial charge is 0.260 e. The van der Waals surface area contributed by atoms with Gasteiger partial charge in [-0.05, 0) is 42.8 Å². The number of nitrogens with one attached hydrogen (secondary N) is 1. The molecule has 0 bridgehead atoms. The minimum Gasteiger partial charge on any atom is -0.379 e. The average Bonchev–Trinajstić information content (AvgIpc) is 3.61. The van der Waals surface area contributed by atoms with Gasteiger partial charge < -0.3 is 15.0 Å². The molecule has 1 unspecified atom stereocenters. The maximum absolute atomic E-state index is 14.3. The summed E-state index contributed by atoms with van der Waals surface area (Å²) in [5.41, 5.74) is -0.208. The predicted molar refractivity (Wildman–Crippen MR) is 188 cm³/mol. The highest BCUT2D eigenvalue weighted by atomic mass is 79.9. The molecule has 3 aliphatic heterocycles. The van der Waals surface area contributed by atoms with Crippen LogP contribution in [0.3, 0.4) is 0 Å². The van der Waals surface area contributed by atoms with E-state index in [0.29, 0.717) is 35.5 Å². The number of piperazine rings is 1. The van der Waals surface area contributed by atoms with E-state index in [4.69, 9.17) is 27.9 Å². The normalized spacial score (nSPS) is 20.4. The lowest BCUT2D eigenvalue weighted by molar-refractivity contribution is -0.134. The molecule has 2 fully saturated rings. The lowest BCUT2D eigenvalue weighted by Gasteiger charge is -2.34. The molecule has 4 heterocycles. The van der Waals surface area contributed by atoms with Crippen molar-refractivity contribution in [3.63, 3.8) is 0 Å². The summed E-state index contributed by atoms with van der Waals surface area (Å²) in [6.07, 6.45) is 1.72. The van der Waals surface area contributed by atoms with Gasteiger partial charge in [-0.1, -0.05) is 51.3 Å². The first kappa shape index (κ1) is 35.8. The number of imidazole rings is 1. The number of fused-ring (bicyclic) bond motifs is 1. The highest BCUT2D eigenvalue weighted by molar-refractivity contribution is 9.10. The fraction of sp³-hybridized carbons (Fsp3) is 0.438. The second-order valence-electron chi connectivity index (χ2n) is 12.3. The van der Waals surface area contributed by atoms with E-state index in [1.807, 2.05) is 24.3 Å². The molecule has 1 atom stereocenters. The zero-order valence-electron chi connectivity index (χ0n) is 26.8. The Kier molecular flexibility index (Phi) is 10.7. The Labute approximate surface area is 303 Å². The van der Waals surface area contributed by atoms with Crippen LogP contribution in [-0.4, -0.2) is 115 Å². The molecule has 0 aliphatic carbocycles. The van der Waals surface area contributed by atoms with E-state index in [-0.39, 0.29) is 68.4 Å². The van der Waals surface area contributed by atoms with Crippen molar-refractivity contribution in [1.82, 2.24) is 29.0 Å². The summed E-state index contributed by atoms with van der Waals surface area (Å²) >= 11 is 16.0. The van der Waals surface area contributed by atoms with E-state index < -0.39 is 21.5 Å². The molecule has 262 valence electrons. The molecule has 1 N–H and O–H groups in total. The molecule has 0 saturated carbocycles. The molecular weight excluding hydrogens is 761 g/mol. The van der Waals surface area contributed by atoms with Crippen LogP contribution in [0.4, 0.5) is 11.6 Å². The Morgan fingerprint density at radius 1 is 1.00 bits per heavy atom. The number of carbonyl (C=O) groups excluding carboxylic acids is 3. The van der Waals surface area contributed by atoms with Gasteiger partial charge in [-0.2, -0.15) is 4.31 Å². The van der Waals surface area contributed by atoms with Gasteiger partial charge in [0, 0.05) is 73.2 Å². The monoisotopic (exact) mass is 795 g/mol. The van der Waals surface area contributed by atoms with Crippen molar-refractivity contribution in [2.24, 2.45) is 0 Å². The number of hydrogen-bond acceptors (Lipinski definition) is 8. The zero-order valence-corrected chi connectivity index (χ0v) is 30.7. The quantitative estimate of drug-likeness (QED) is 0.331. The molecular formula is C32H36BrCl2N7O6S. The molecule has 1 aromatic heterocycles. The molecule has 3 aliphatic rings. The fourth-order valence-electron chi connectivity index (χ4n) is 6.38. The Hall–Kier alpha value is -3.05. The van der Waals surface area contributed by atoms with Crippen molar-refractivity contribution in [3.8, 4) is 0 Å². The Morgan fingerprint density at radius 2 is 1.65 bits per heavy atom. The molecule has 6 rings (SSSR count). The summed E-state index contributed by atoms with van der Waals surface area (Å²) in [6.45, 7) is 5.32. The number of carbonyl (C=O) groups is 3. The standard InChI is InChI=1S/C32H36BrCl2N7O6S/c1-32(19-22-2-4-23(33)5-3-22)30(45)41(26-17-24(34)16-25(35)18-26)31-37-21-29(42(31)32)49(46,47)40-10-8-39(9-11-40)28(44)20-36-27(43)6-7-38-12-14-48-15-13-38/h2-5,16-18,21H,6-15,19-20H2,1H3,(H,36,43). The summed E-state index contributed by atoms with van der Waals surface area (Å²) in [4.78, 5) is 49.1. The van der Waals surface area contributed by atoms with Crippen molar-refractivity contribution in [3.05, 3.63) is 68.7 Å². The van der Waals surface area contributed by atoms with Crippen LogP contribution in [0.2, 0.25) is 10.0 Å². The Balaban J connectivity index is 1.18. The van der Waals surface area contributed by atoms with Gasteiger partial charge in [0.2, 0.25) is 17.8 Å². The summed E-state index contributed by atoms with van der Waals surface area (Å²) in [5.74, 6) is -0.772. The third kappa shape index (κ3) is 7.53. The van der Waals surface area contributed by atoms with Crippen LogP contribution in [0, 0.1) is 0 Å². The summed E-state index contributed by atoms with van der Waals surface area (Å²) in [7, 11) is -4.18. The van der Waals surface area contributed by atoms with E-state index in [0.717, 1.165) is 23.1 Å². The molecule has 17 heteroatoms. The Morgan fingerprint density at radius 3 is 2.31 bits per heavy atom. The lowest BCUT2D eigenvalue weighted by atomic mass is 9.92. The van der Waals surface area contributed by atoms with Gasteiger partial charge in [-0.3, -0.25) is 23.9 Å². The van der Waals surface area contributed by atoms with Crippen LogP contribution >= 0.6 is 39.1 Å². The third-order valence-corrected chi connectivity index (χ3v) is 11.9. The number of morpholine rings is 1. The number of ether oxygens (including phenoxy) is 1. The van der Waals surface area contributed by atoms with Gasteiger partial charge in [0.15, 0.2) is 5.03 Å². The van der Waals surface area contributed by atoms with Crippen LogP contribution in [0.25, 0.3) is 0 Å². The van der Waals surface area contributed by atoms with Crippen LogP contribution in [0.1, 0.15) is 18.9 Å². The first-order valence-electron chi connectivity index (χ1n) is 15.8. The van der Waals surface area contributed by atoms with E-state index >= 15 is 0 Å². The number of rotatable bonds is 10. The van der Waals surface area contributed by atoms with E-state index in [2.05, 4.69) is 31.1 Å². The van der Waals surface area contributed by atoms with E-state index in [9.17, 15) is 22.8 Å². The number of aromatic nitrogens is 2. The molecule has 2 aromatic carbocycles. The number of nitrogens with zero attached hydrogens (tertiary/aromatic N) is 6. The molecule has 13 nitrogen and oxygen atoms in total. The van der Waals surface area contributed by atoms with Crippen LogP contribution in [-0.2, 0) is 41.1 Å².